The highest BCUT2D eigenvalue weighted by molar-refractivity contribution is 5.98. The molecule has 0 aliphatic carbocycles. The van der Waals surface area contributed by atoms with E-state index in [9.17, 15) is 0 Å². The van der Waals surface area contributed by atoms with Gasteiger partial charge in [-0.25, -0.2) is 9.97 Å². The van der Waals surface area contributed by atoms with Gasteiger partial charge < -0.3 is 14.3 Å². The number of aromatic nitrogens is 5. The maximum Gasteiger partial charge on any atom is 0.154 e. The third-order valence-corrected chi connectivity index (χ3v) is 5.65. The SMILES string of the molecule is COc1ccc2c(c1)c(-c1cc3c(ncc4cnc(-c5ccccc5)n43)[nH]1)cn2C. The molecule has 0 spiro atoms. The van der Waals surface area contributed by atoms with Gasteiger partial charge in [-0.2, -0.15) is 0 Å². The first-order valence-corrected chi connectivity index (χ1v) is 9.77. The minimum absolute atomic E-state index is 0.826. The van der Waals surface area contributed by atoms with Crippen molar-refractivity contribution in [2.45, 2.75) is 0 Å². The molecule has 1 N–H and O–H groups in total. The van der Waals surface area contributed by atoms with Crippen LogP contribution < -0.4 is 4.74 Å². The molecule has 0 atom stereocenters. The summed E-state index contributed by atoms with van der Waals surface area (Å²) in [5, 5.41) is 1.13. The Morgan fingerprint density at radius 1 is 0.933 bits per heavy atom. The molecule has 146 valence electrons. The normalized spacial score (nSPS) is 11.7. The fourth-order valence-electron chi connectivity index (χ4n) is 4.19. The zero-order chi connectivity index (χ0) is 20.2. The van der Waals surface area contributed by atoms with Crippen LogP contribution in [-0.4, -0.2) is 31.0 Å². The van der Waals surface area contributed by atoms with Gasteiger partial charge in [-0.1, -0.05) is 30.3 Å². The number of aromatic amines is 1. The Morgan fingerprint density at radius 3 is 2.60 bits per heavy atom. The summed E-state index contributed by atoms with van der Waals surface area (Å²) in [6.07, 6.45) is 5.86. The second-order valence-electron chi connectivity index (χ2n) is 7.42. The second kappa shape index (κ2) is 6.22. The number of nitrogens with one attached hydrogen (secondary N) is 1. The highest BCUT2D eigenvalue weighted by Crippen LogP contribution is 2.34. The van der Waals surface area contributed by atoms with Crippen molar-refractivity contribution in [2.24, 2.45) is 7.05 Å². The summed E-state index contributed by atoms with van der Waals surface area (Å²) < 4.78 is 9.74. The topological polar surface area (TPSA) is 60.1 Å². The molecule has 0 unspecified atom stereocenters. The molecule has 0 amide bonds. The molecule has 0 aliphatic rings. The molecule has 0 aliphatic heterocycles. The van der Waals surface area contributed by atoms with Crippen LogP contribution >= 0.6 is 0 Å². The zero-order valence-corrected chi connectivity index (χ0v) is 16.6. The van der Waals surface area contributed by atoms with E-state index in [0.29, 0.717) is 0 Å². The number of nitrogens with zero attached hydrogens (tertiary/aromatic N) is 4. The van der Waals surface area contributed by atoms with Crippen LogP contribution in [0.15, 0.2) is 73.2 Å². The Hall–Kier alpha value is -4.06. The molecule has 0 fully saturated rings. The van der Waals surface area contributed by atoms with Crippen molar-refractivity contribution in [1.29, 1.82) is 0 Å². The van der Waals surface area contributed by atoms with Crippen molar-refractivity contribution in [2.75, 3.05) is 7.11 Å². The highest BCUT2D eigenvalue weighted by Gasteiger charge is 2.16. The largest absolute Gasteiger partial charge is 0.497 e. The van der Waals surface area contributed by atoms with Gasteiger partial charge in [0.05, 0.1) is 36.2 Å². The third-order valence-electron chi connectivity index (χ3n) is 5.65. The lowest BCUT2D eigenvalue weighted by atomic mass is 10.1. The summed E-state index contributed by atoms with van der Waals surface area (Å²) in [5.41, 5.74) is 7.13. The molecular weight excluding hydrogens is 374 g/mol. The van der Waals surface area contributed by atoms with Crippen LogP contribution in [0.1, 0.15) is 0 Å². The molecular formula is C24H19N5O. The highest BCUT2D eigenvalue weighted by atomic mass is 16.5. The molecule has 30 heavy (non-hydrogen) atoms. The van der Waals surface area contributed by atoms with E-state index in [1.54, 1.807) is 7.11 Å². The standard InChI is InChI=1S/C24H19N5O/c1-28-14-19(18-10-17(30-2)8-9-21(18)28)20-11-22-23(27-20)25-12-16-13-26-24(29(16)22)15-6-4-3-5-7-15/h3-14,27H,1-2H3. The molecule has 2 aromatic carbocycles. The lowest BCUT2D eigenvalue weighted by molar-refractivity contribution is 0.415. The summed E-state index contributed by atoms with van der Waals surface area (Å²) >= 11 is 0. The monoisotopic (exact) mass is 393 g/mol. The van der Waals surface area contributed by atoms with Gasteiger partial charge in [0.15, 0.2) is 5.65 Å². The molecule has 6 nitrogen and oxygen atoms in total. The van der Waals surface area contributed by atoms with Crippen molar-refractivity contribution in [3.05, 3.63) is 73.2 Å². The minimum Gasteiger partial charge on any atom is -0.497 e. The van der Waals surface area contributed by atoms with Gasteiger partial charge >= 0.3 is 0 Å². The van der Waals surface area contributed by atoms with Crippen LogP contribution in [0.3, 0.4) is 0 Å². The number of fused-ring (bicyclic) bond motifs is 4. The number of ether oxygens (including phenoxy) is 1. The Balaban J connectivity index is 1.62. The number of benzene rings is 2. The predicted molar refractivity (Wildman–Crippen MR) is 119 cm³/mol. The summed E-state index contributed by atoms with van der Waals surface area (Å²) in [6.45, 7) is 0. The maximum absolute atomic E-state index is 5.45. The molecule has 6 heteroatoms. The van der Waals surface area contributed by atoms with Crippen LogP contribution in [0.25, 0.3) is 50.2 Å². The second-order valence-corrected chi connectivity index (χ2v) is 7.42. The first-order chi connectivity index (χ1) is 14.7. The number of hydrogen-bond acceptors (Lipinski definition) is 3. The molecule has 6 aromatic rings. The van der Waals surface area contributed by atoms with Gasteiger partial charge in [0, 0.05) is 35.3 Å². The Bertz CT molecular complexity index is 1540. The van der Waals surface area contributed by atoms with Crippen molar-refractivity contribution in [1.82, 2.24) is 23.9 Å². The van der Waals surface area contributed by atoms with Gasteiger partial charge in [-0.05, 0) is 24.3 Å². The van der Waals surface area contributed by atoms with Crippen LogP contribution in [0.5, 0.6) is 5.75 Å². The lowest BCUT2D eigenvalue weighted by Gasteiger charge is -2.02. The first-order valence-electron chi connectivity index (χ1n) is 9.77. The van der Waals surface area contributed by atoms with Crippen LogP contribution in [0.2, 0.25) is 0 Å². The fourth-order valence-corrected chi connectivity index (χ4v) is 4.19. The fraction of sp³-hybridized carbons (Fsp3) is 0.0833. The number of rotatable bonds is 3. The van der Waals surface area contributed by atoms with Crippen LogP contribution in [0, 0.1) is 0 Å². The number of imidazole rings is 1. The van der Waals surface area contributed by atoms with Crippen molar-refractivity contribution >= 4 is 27.6 Å². The van der Waals surface area contributed by atoms with E-state index < -0.39 is 0 Å². The summed E-state index contributed by atoms with van der Waals surface area (Å²) in [6, 6.07) is 18.5. The lowest BCUT2D eigenvalue weighted by Crippen LogP contribution is -1.92. The smallest absolute Gasteiger partial charge is 0.154 e. The van der Waals surface area contributed by atoms with Gasteiger partial charge in [0.2, 0.25) is 0 Å². The van der Waals surface area contributed by atoms with Crippen LogP contribution in [0.4, 0.5) is 0 Å². The third kappa shape index (κ3) is 2.37. The molecule has 0 bridgehead atoms. The average Bonchev–Trinajstić information content (AvgIpc) is 3.48. The molecule has 6 rings (SSSR count). The molecule has 0 saturated carbocycles. The van der Waals surface area contributed by atoms with E-state index in [4.69, 9.17) is 4.74 Å². The molecule has 0 radical (unpaired) electrons. The van der Waals surface area contributed by atoms with E-state index >= 15 is 0 Å². The van der Waals surface area contributed by atoms with E-state index in [1.165, 1.54) is 0 Å². The van der Waals surface area contributed by atoms with E-state index in [2.05, 4.69) is 67.5 Å². The predicted octanol–water partition coefficient (Wildman–Crippen LogP) is 5.04. The minimum atomic E-state index is 0.826. The Morgan fingerprint density at radius 2 is 1.77 bits per heavy atom. The Labute approximate surface area is 172 Å². The molecule has 0 saturated heterocycles. The van der Waals surface area contributed by atoms with Gasteiger partial charge in [-0.3, -0.25) is 4.40 Å². The summed E-state index contributed by atoms with van der Waals surface area (Å²) in [7, 11) is 3.75. The van der Waals surface area contributed by atoms with Gasteiger partial charge in [-0.15, -0.1) is 0 Å². The van der Waals surface area contributed by atoms with E-state index in [-0.39, 0.29) is 0 Å². The molecule has 4 aromatic heterocycles. The molecule has 4 heterocycles. The van der Waals surface area contributed by atoms with Crippen LogP contribution in [-0.2, 0) is 7.05 Å². The van der Waals surface area contributed by atoms with E-state index in [1.807, 2.05) is 36.7 Å². The number of methoxy groups -OCH3 is 1. The first kappa shape index (κ1) is 16.9. The number of aryl methyl sites for hydroxylation is 1. The Kier molecular flexibility index (Phi) is 3.49. The maximum atomic E-state index is 5.45. The van der Waals surface area contributed by atoms with Crippen molar-refractivity contribution in [3.8, 4) is 28.4 Å². The quantitative estimate of drug-likeness (QED) is 0.458. The van der Waals surface area contributed by atoms with Gasteiger partial charge in [0.1, 0.15) is 11.6 Å². The number of H-pyrrole nitrogens is 1. The van der Waals surface area contributed by atoms with E-state index in [0.717, 1.165) is 56.0 Å². The average molecular weight is 393 g/mol. The zero-order valence-electron chi connectivity index (χ0n) is 16.6. The van der Waals surface area contributed by atoms with Crippen molar-refractivity contribution < 1.29 is 4.74 Å². The van der Waals surface area contributed by atoms with Gasteiger partial charge in [0.25, 0.3) is 0 Å². The summed E-state index contributed by atoms with van der Waals surface area (Å²) in [4.78, 5) is 12.8. The van der Waals surface area contributed by atoms with Crippen molar-refractivity contribution in [3.63, 3.8) is 0 Å². The summed E-state index contributed by atoms with van der Waals surface area (Å²) in [5.74, 6) is 1.75. The number of hydrogen-bond donors (Lipinski definition) is 1.